The molecule has 0 N–H and O–H groups in total. The topological polar surface area (TPSA) is 26.3 Å². The third-order valence-electron chi connectivity index (χ3n) is 1.22. The number of hydrogen-bond donors (Lipinski definition) is 0. The van der Waals surface area contributed by atoms with Gasteiger partial charge in [-0.2, -0.15) is 0 Å². The highest BCUT2D eigenvalue weighted by atomic mass is 16.5. The lowest BCUT2D eigenvalue weighted by molar-refractivity contribution is -0.137. The first-order valence-electron chi connectivity index (χ1n) is 2.62. The van der Waals surface area contributed by atoms with Crippen molar-refractivity contribution in [1.82, 2.24) is 0 Å². The Labute approximate surface area is 48.1 Å². The molecule has 1 atom stereocenters. The van der Waals surface area contributed by atoms with Gasteiger partial charge in [-0.25, -0.2) is 0 Å². The Morgan fingerprint density at radius 2 is 2.50 bits per heavy atom. The van der Waals surface area contributed by atoms with Gasteiger partial charge in [0, 0.05) is 6.42 Å². The summed E-state index contributed by atoms with van der Waals surface area (Å²) in [5.41, 5.74) is 0. The van der Waals surface area contributed by atoms with Crippen molar-refractivity contribution in [2.24, 2.45) is 0 Å². The van der Waals surface area contributed by atoms with Crippen LogP contribution in [0.4, 0.5) is 0 Å². The second-order valence-corrected chi connectivity index (χ2v) is 1.75. The summed E-state index contributed by atoms with van der Waals surface area (Å²) in [6.07, 6.45) is 2.02. The molecular weight excluding hydrogens is 104 g/mol. The quantitative estimate of drug-likeness (QED) is 0.487. The Kier molecular flexibility index (Phi) is 1.44. The van der Waals surface area contributed by atoms with Gasteiger partial charge in [0.15, 0.2) is 5.78 Å². The molecule has 1 unspecified atom stereocenters. The fraction of sp³-hybridized carbons (Fsp3) is 0.500. The Hall–Kier alpha value is -0.630. The molecule has 8 heavy (non-hydrogen) atoms. The van der Waals surface area contributed by atoms with Crippen molar-refractivity contribution in [3.8, 4) is 0 Å². The van der Waals surface area contributed by atoms with Crippen LogP contribution in [0.1, 0.15) is 6.42 Å². The number of ketones is 1. The van der Waals surface area contributed by atoms with E-state index >= 15 is 0 Å². The van der Waals surface area contributed by atoms with E-state index in [9.17, 15) is 4.79 Å². The molecule has 1 rings (SSSR count). The minimum atomic E-state index is -0.160. The molecule has 0 aromatic carbocycles. The lowest BCUT2D eigenvalue weighted by atomic mass is 10.1. The zero-order valence-electron chi connectivity index (χ0n) is 4.59. The van der Waals surface area contributed by atoms with Crippen molar-refractivity contribution in [2.45, 2.75) is 12.5 Å². The highest BCUT2D eigenvalue weighted by Gasteiger charge is 2.23. The van der Waals surface area contributed by atoms with E-state index in [2.05, 4.69) is 6.58 Å². The first kappa shape index (κ1) is 5.51. The van der Waals surface area contributed by atoms with Gasteiger partial charge in [0.25, 0.3) is 0 Å². The van der Waals surface area contributed by atoms with Crippen molar-refractivity contribution in [3.05, 3.63) is 12.7 Å². The number of rotatable bonds is 2. The molecule has 1 heterocycles. The van der Waals surface area contributed by atoms with Gasteiger partial charge in [-0.15, -0.1) is 0 Å². The summed E-state index contributed by atoms with van der Waals surface area (Å²) in [6, 6.07) is 0. The van der Waals surface area contributed by atoms with E-state index < -0.39 is 0 Å². The van der Waals surface area contributed by atoms with Crippen molar-refractivity contribution >= 4 is 5.78 Å². The SMILES string of the molecule is C=CC(=O)C1CCO1. The van der Waals surface area contributed by atoms with Crippen LogP contribution in [0.3, 0.4) is 0 Å². The Balaban J connectivity index is 2.34. The number of ether oxygens (including phenoxy) is 1. The summed E-state index contributed by atoms with van der Waals surface area (Å²) < 4.78 is 4.86. The molecule has 0 bridgehead atoms. The summed E-state index contributed by atoms with van der Waals surface area (Å²) in [5, 5.41) is 0. The van der Waals surface area contributed by atoms with Crippen LogP contribution in [0.2, 0.25) is 0 Å². The smallest absolute Gasteiger partial charge is 0.183 e. The molecule has 1 aliphatic rings. The fourth-order valence-corrected chi connectivity index (χ4v) is 0.592. The lowest BCUT2D eigenvalue weighted by Crippen LogP contribution is -2.33. The molecule has 0 aromatic rings. The molecule has 0 aliphatic carbocycles. The number of carbonyl (C=O) groups excluding carboxylic acids is 1. The highest BCUT2D eigenvalue weighted by molar-refractivity contribution is 5.93. The lowest BCUT2D eigenvalue weighted by Gasteiger charge is -2.23. The third-order valence-corrected chi connectivity index (χ3v) is 1.22. The van der Waals surface area contributed by atoms with Gasteiger partial charge in [0.05, 0.1) is 6.61 Å². The van der Waals surface area contributed by atoms with E-state index in [1.807, 2.05) is 0 Å². The van der Waals surface area contributed by atoms with Crippen LogP contribution < -0.4 is 0 Å². The van der Waals surface area contributed by atoms with Crippen molar-refractivity contribution < 1.29 is 9.53 Å². The van der Waals surface area contributed by atoms with Crippen LogP contribution in [0.25, 0.3) is 0 Å². The maximum absolute atomic E-state index is 10.6. The molecule has 1 aliphatic heterocycles. The third kappa shape index (κ3) is 0.793. The average Bonchev–Trinajstić information content (AvgIpc) is 1.62. The largest absolute Gasteiger partial charge is 0.370 e. The van der Waals surface area contributed by atoms with Crippen molar-refractivity contribution in [2.75, 3.05) is 6.61 Å². The molecule has 0 aromatic heterocycles. The monoisotopic (exact) mass is 112 g/mol. The predicted octanol–water partition coefficient (Wildman–Crippen LogP) is 0.530. The minimum absolute atomic E-state index is 0.0104. The van der Waals surface area contributed by atoms with Gasteiger partial charge in [0.2, 0.25) is 0 Å². The molecule has 0 spiro atoms. The van der Waals surface area contributed by atoms with Crippen LogP contribution in [-0.2, 0) is 9.53 Å². The standard InChI is InChI=1S/C6H8O2/c1-2-5(7)6-3-4-8-6/h2,6H,1,3-4H2. The molecular formula is C6H8O2. The summed E-state index contributed by atoms with van der Waals surface area (Å²) in [4.78, 5) is 10.6. The van der Waals surface area contributed by atoms with E-state index in [0.717, 1.165) is 13.0 Å². The first-order chi connectivity index (χ1) is 3.84. The second-order valence-electron chi connectivity index (χ2n) is 1.75. The Morgan fingerprint density at radius 3 is 2.62 bits per heavy atom. The van der Waals surface area contributed by atoms with E-state index in [1.165, 1.54) is 6.08 Å². The van der Waals surface area contributed by atoms with Crippen LogP contribution >= 0.6 is 0 Å². The van der Waals surface area contributed by atoms with Gasteiger partial charge < -0.3 is 4.74 Å². The van der Waals surface area contributed by atoms with E-state index in [1.54, 1.807) is 0 Å². The zero-order valence-corrected chi connectivity index (χ0v) is 4.59. The van der Waals surface area contributed by atoms with Crippen molar-refractivity contribution in [3.63, 3.8) is 0 Å². The normalized spacial score (nSPS) is 26.2. The summed E-state index contributed by atoms with van der Waals surface area (Å²) in [5.74, 6) is 0.0104. The van der Waals surface area contributed by atoms with Crippen LogP contribution in [0.5, 0.6) is 0 Å². The first-order valence-corrected chi connectivity index (χ1v) is 2.62. The van der Waals surface area contributed by atoms with E-state index in [-0.39, 0.29) is 11.9 Å². The Morgan fingerprint density at radius 1 is 1.88 bits per heavy atom. The average molecular weight is 112 g/mol. The molecule has 1 fully saturated rings. The zero-order chi connectivity index (χ0) is 5.98. The number of hydrogen-bond acceptors (Lipinski definition) is 2. The molecule has 2 heteroatoms. The van der Waals surface area contributed by atoms with Crippen LogP contribution in [-0.4, -0.2) is 18.5 Å². The van der Waals surface area contributed by atoms with Crippen LogP contribution in [0.15, 0.2) is 12.7 Å². The fourth-order valence-electron chi connectivity index (χ4n) is 0.592. The summed E-state index contributed by atoms with van der Waals surface area (Å²) in [7, 11) is 0. The van der Waals surface area contributed by atoms with Gasteiger partial charge in [0.1, 0.15) is 6.10 Å². The molecule has 0 radical (unpaired) electrons. The summed E-state index contributed by atoms with van der Waals surface area (Å²) >= 11 is 0. The molecule has 1 saturated heterocycles. The molecule has 0 amide bonds. The molecule has 0 saturated carbocycles. The van der Waals surface area contributed by atoms with Gasteiger partial charge in [-0.3, -0.25) is 4.79 Å². The van der Waals surface area contributed by atoms with Gasteiger partial charge in [-0.1, -0.05) is 6.58 Å². The predicted molar refractivity (Wildman–Crippen MR) is 29.6 cm³/mol. The van der Waals surface area contributed by atoms with E-state index in [0.29, 0.717) is 0 Å². The maximum atomic E-state index is 10.6. The molecule has 2 nitrogen and oxygen atoms in total. The number of carbonyl (C=O) groups is 1. The van der Waals surface area contributed by atoms with E-state index in [4.69, 9.17) is 4.74 Å². The Bertz CT molecular complexity index is 114. The molecule has 44 valence electrons. The van der Waals surface area contributed by atoms with Gasteiger partial charge >= 0.3 is 0 Å². The maximum Gasteiger partial charge on any atom is 0.183 e. The van der Waals surface area contributed by atoms with Crippen LogP contribution in [0, 0.1) is 0 Å². The second kappa shape index (κ2) is 2.09. The highest BCUT2D eigenvalue weighted by Crippen LogP contribution is 2.11. The van der Waals surface area contributed by atoms with Gasteiger partial charge in [-0.05, 0) is 6.08 Å². The minimum Gasteiger partial charge on any atom is -0.370 e. The van der Waals surface area contributed by atoms with Crippen molar-refractivity contribution in [1.29, 1.82) is 0 Å². The summed E-state index contributed by atoms with van der Waals surface area (Å²) in [6.45, 7) is 4.06.